The summed E-state index contributed by atoms with van der Waals surface area (Å²) >= 11 is 0. The highest BCUT2D eigenvalue weighted by atomic mass is 19.1. The van der Waals surface area contributed by atoms with Crippen molar-refractivity contribution in [1.29, 1.82) is 0 Å². The number of amides is 1. The quantitative estimate of drug-likeness (QED) is 0.673. The van der Waals surface area contributed by atoms with Crippen LogP contribution in [0.3, 0.4) is 0 Å². The number of carbonyl (C=O) groups is 2. The van der Waals surface area contributed by atoms with Crippen LogP contribution in [-0.4, -0.2) is 33.1 Å². The van der Waals surface area contributed by atoms with Gasteiger partial charge in [0.2, 0.25) is 0 Å². The van der Waals surface area contributed by atoms with Crippen molar-refractivity contribution in [3.05, 3.63) is 94.8 Å². The van der Waals surface area contributed by atoms with E-state index in [4.69, 9.17) is 0 Å². The second kappa shape index (κ2) is 7.07. The Labute approximate surface area is 155 Å². The molecule has 1 aromatic heterocycles. The van der Waals surface area contributed by atoms with Crippen molar-refractivity contribution >= 4 is 11.7 Å². The van der Waals surface area contributed by atoms with Gasteiger partial charge in [0, 0.05) is 42.4 Å². The van der Waals surface area contributed by atoms with Crippen LogP contribution < -0.4 is 0 Å². The minimum Gasteiger partial charge on any atom is -0.334 e. The number of rotatable bonds is 3. The Hall–Kier alpha value is -3.41. The Morgan fingerprint density at radius 2 is 1.74 bits per heavy atom. The predicted octanol–water partition coefficient (Wildman–Crippen LogP) is 3.05. The number of nitrogens with zero attached hydrogens (tertiary/aromatic N) is 3. The summed E-state index contributed by atoms with van der Waals surface area (Å²) in [5.41, 5.74) is 2.86. The molecule has 0 aliphatic carbocycles. The van der Waals surface area contributed by atoms with Crippen LogP contribution >= 0.6 is 0 Å². The SMILES string of the molecule is O=C(c1ccc(F)cc1)c1ccccc1C(=O)N1CCc2ncncc2C1. The van der Waals surface area contributed by atoms with Crippen molar-refractivity contribution in [2.24, 2.45) is 0 Å². The third-order valence-electron chi connectivity index (χ3n) is 4.66. The van der Waals surface area contributed by atoms with Gasteiger partial charge in [0.15, 0.2) is 5.78 Å². The third-order valence-corrected chi connectivity index (χ3v) is 4.66. The second-order valence-electron chi connectivity index (χ2n) is 6.35. The first-order chi connectivity index (χ1) is 13.1. The summed E-state index contributed by atoms with van der Waals surface area (Å²) in [4.78, 5) is 35.9. The third kappa shape index (κ3) is 3.33. The van der Waals surface area contributed by atoms with Crippen molar-refractivity contribution in [2.45, 2.75) is 13.0 Å². The molecule has 0 atom stereocenters. The Kier molecular flexibility index (Phi) is 4.46. The van der Waals surface area contributed by atoms with Gasteiger partial charge in [-0.3, -0.25) is 9.59 Å². The molecule has 1 aliphatic rings. The number of aromatic nitrogens is 2. The fourth-order valence-corrected chi connectivity index (χ4v) is 3.23. The molecule has 0 bridgehead atoms. The van der Waals surface area contributed by atoms with E-state index in [9.17, 15) is 14.0 Å². The van der Waals surface area contributed by atoms with Crippen LogP contribution in [0.5, 0.6) is 0 Å². The fourth-order valence-electron chi connectivity index (χ4n) is 3.23. The molecule has 27 heavy (non-hydrogen) atoms. The molecule has 0 saturated heterocycles. The van der Waals surface area contributed by atoms with E-state index in [0.717, 1.165) is 11.3 Å². The summed E-state index contributed by atoms with van der Waals surface area (Å²) in [5.74, 6) is -0.930. The van der Waals surface area contributed by atoms with Gasteiger partial charge >= 0.3 is 0 Å². The normalized spacial score (nSPS) is 13.1. The van der Waals surface area contributed by atoms with E-state index in [2.05, 4.69) is 9.97 Å². The molecule has 134 valence electrons. The van der Waals surface area contributed by atoms with E-state index in [-0.39, 0.29) is 11.7 Å². The number of hydrogen-bond acceptors (Lipinski definition) is 4. The van der Waals surface area contributed by atoms with E-state index >= 15 is 0 Å². The number of ketones is 1. The van der Waals surface area contributed by atoms with E-state index in [1.54, 1.807) is 35.4 Å². The predicted molar refractivity (Wildman–Crippen MR) is 96.8 cm³/mol. The van der Waals surface area contributed by atoms with Crippen LogP contribution in [0.15, 0.2) is 61.1 Å². The second-order valence-corrected chi connectivity index (χ2v) is 6.35. The zero-order valence-corrected chi connectivity index (χ0v) is 14.4. The first-order valence-corrected chi connectivity index (χ1v) is 8.60. The molecule has 1 amide bonds. The lowest BCUT2D eigenvalue weighted by atomic mass is 9.96. The van der Waals surface area contributed by atoms with Crippen molar-refractivity contribution < 1.29 is 14.0 Å². The standard InChI is InChI=1S/C21H16FN3O2/c22-16-7-5-14(6-8-16)20(26)17-3-1-2-4-18(17)21(27)25-10-9-19-15(12-25)11-23-13-24-19/h1-8,11,13H,9-10,12H2. The molecular weight excluding hydrogens is 345 g/mol. The van der Waals surface area contributed by atoms with Gasteiger partial charge in [-0.15, -0.1) is 0 Å². The smallest absolute Gasteiger partial charge is 0.254 e. The van der Waals surface area contributed by atoms with Crippen molar-refractivity contribution in [2.75, 3.05) is 6.54 Å². The van der Waals surface area contributed by atoms with Gasteiger partial charge in [0.25, 0.3) is 5.91 Å². The van der Waals surface area contributed by atoms with Crippen molar-refractivity contribution in [3.8, 4) is 0 Å². The largest absolute Gasteiger partial charge is 0.334 e. The molecule has 0 saturated carbocycles. The van der Waals surface area contributed by atoms with Gasteiger partial charge < -0.3 is 4.90 Å². The minimum absolute atomic E-state index is 0.212. The van der Waals surface area contributed by atoms with Crippen molar-refractivity contribution in [3.63, 3.8) is 0 Å². The molecule has 0 radical (unpaired) electrons. The average molecular weight is 361 g/mol. The van der Waals surface area contributed by atoms with E-state index in [1.165, 1.54) is 30.6 Å². The van der Waals surface area contributed by atoms with Gasteiger partial charge in [0.05, 0.1) is 11.3 Å². The van der Waals surface area contributed by atoms with E-state index < -0.39 is 5.82 Å². The lowest BCUT2D eigenvalue weighted by Gasteiger charge is -2.28. The molecule has 2 aromatic carbocycles. The highest BCUT2D eigenvalue weighted by molar-refractivity contribution is 6.15. The van der Waals surface area contributed by atoms with Gasteiger partial charge in [0.1, 0.15) is 12.1 Å². The molecule has 1 aliphatic heterocycles. The molecule has 6 heteroatoms. The summed E-state index contributed by atoms with van der Waals surface area (Å²) in [7, 11) is 0. The summed E-state index contributed by atoms with van der Waals surface area (Å²) in [6, 6.07) is 12.0. The highest BCUT2D eigenvalue weighted by Gasteiger charge is 2.26. The maximum atomic E-state index is 13.1. The average Bonchev–Trinajstić information content (AvgIpc) is 2.73. The van der Waals surface area contributed by atoms with Crippen LogP contribution in [0.25, 0.3) is 0 Å². The molecule has 0 spiro atoms. The molecule has 4 rings (SSSR count). The maximum Gasteiger partial charge on any atom is 0.254 e. The molecule has 0 fully saturated rings. The highest BCUT2D eigenvalue weighted by Crippen LogP contribution is 2.21. The fraction of sp³-hybridized carbons (Fsp3) is 0.143. The summed E-state index contributed by atoms with van der Waals surface area (Å²) in [5, 5.41) is 0. The number of fused-ring (bicyclic) bond motifs is 1. The number of hydrogen-bond donors (Lipinski definition) is 0. The molecule has 3 aromatic rings. The minimum atomic E-state index is -0.412. The Balaban J connectivity index is 1.64. The molecule has 0 unspecified atom stereocenters. The Morgan fingerprint density at radius 3 is 2.52 bits per heavy atom. The number of halogens is 1. The van der Waals surface area contributed by atoms with Crippen molar-refractivity contribution in [1.82, 2.24) is 14.9 Å². The topological polar surface area (TPSA) is 63.2 Å². The Bertz CT molecular complexity index is 1020. The number of benzene rings is 2. The lowest BCUT2D eigenvalue weighted by molar-refractivity contribution is 0.0729. The number of carbonyl (C=O) groups excluding carboxylic acids is 2. The maximum absolute atomic E-state index is 13.1. The van der Waals surface area contributed by atoms with Gasteiger partial charge in [-0.25, -0.2) is 14.4 Å². The molecule has 0 N–H and O–H groups in total. The molecule has 5 nitrogen and oxygen atoms in total. The van der Waals surface area contributed by atoms with Crippen LogP contribution in [0, 0.1) is 5.82 Å². The van der Waals surface area contributed by atoms with Crippen LogP contribution in [0.2, 0.25) is 0 Å². The first kappa shape index (κ1) is 17.0. The zero-order valence-electron chi connectivity index (χ0n) is 14.4. The lowest BCUT2D eigenvalue weighted by Crippen LogP contribution is -2.37. The summed E-state index contributed by atoms with van der Waals surface area (Å²) in [6.07, 6.45) is 3.88. The molecule has 2 heterocycles. The van der Waals surface area contributed by atoms with E-state index in [1.807, 2.05) is 0 Å². The summed E-state index contributed by atoms with van der Waals surface area (Å²) < 4.78 is 13.1. The Morgan fingerprint density at radius 1 is 1.00 bits per heavy atom. The first-order valence-electron chi connectivity index (χ1n) is 8.60. The monoisotopic (exact) mass is 361 g/mol. The van der Waals surface area contributed by atoms with Gasteiger partial charge in [-0.2, -0.15) is 0 Å². The van der Waals surface area contributed by atoms with Gasteiger partial charge in [-0.1, -0.05) is 18.2 Å². The van der Waals surface area contributed by atoms with Crippen LogP contribution in [0.4, 0.5) is 4.39 Å². The van der Waals surface area contributed by atoms with Crippen LogP contribution in [0.1, 0.15) is 37.5 Å². The molecular formula is C21H16FN3O2. The summed E-state index contributed by atoms with van der Waals surface area (Å²) in [6.45, 7) is 0.940. The van der Waals surface area contributed by atoms with Crippen LogP contribution in [-0.2, 0) is 13.0 Å². The van der Waals surface area contributed by atoms with E-state index in [0.29, 0.717) is 36.2 Å². The van der Waals surface area contributed by atoms with Gasteiger partial charge in [-0.05, 0) is 30.3 Å². The zero-order chi connectivity index (χ0) is 18.8.